The van der Waals surface area contributed by atoms with E-state index in [1.807, 2.05) is 72.8 Å². The average Bonchev–Trinajstić information content (AvgIpc) is 3.37. The SMILES string of the molecule is CN1C(=O)CN2C(=O)[C@]3(CCCN3C(=O)OCc3ccccc3)[C@]2(c2ccccc2)c2cc(Cl)ccc21. The molecule has 0 aromatic heterocycles. The maximum Gasteiger partial charge on any atom is 0.411 e. The molecule has 7 nitrogen and oxygen atoms in total. The second-order valence-corrected chi connectivity index (χ2v) is 10.2. The van der Waals surface area contributed by atoms with Crippen LogP contribution in [0.5, 0.6) is 0 Å². The predicted octanol–water partition coefficient (Wildman–Crippen LogP) is 4.57. The van der Waals surface area contributed by atoms with Gasteiger partial charge >= 0.3 is 6.09 Å². The summed E-state index contributed by atoms with van der Waals surface area (Å²) >= 11 is 6.54. The molecule has 188 valence electrons. The molecule has 2 fully saturated rings. The lowest BCUT2D eigenvalue weighted by Crippen LogP contribution is -2.84. The van der Waals surface area contributed by atoms with Gasteiger partial charge in [-0.1, -0.05) is 72.3 Å². The molecule has 0 aliphatic carbocycles. The molecule has 37 heavy (non-hydrogen) atoms. The Labute approximate surface area is 220 Å². The van der Waals surface area contributed by atoms with Gasteiger partial charge in [-0.15, -0.1) is 0 Å². The van der Waals surface area contributed by atoms with Gasteiger partial charge in [0.2, 0.25) is 5.91 Å². The van der Waals surface area contributed by atoms with E-state index in [0.717, 1.165) is 16.7 Å². The number of amides is 3. The summed E-state index contributed by atoms with van der Waals surface area (Å²) in [6.07, 6.45) is 0.535. The number of carbonyl (C=O) groups excluding carboxylic acids is 3. The number of ether oxygens (including phenoxy) is 1. The monoisotopic (exact) mass is 515 g/mol. The molecule has 0 radical (unpaired) electrons. The lowest BCUT2D eigenvalue weighted by molar-refractivity contribution is -0.188. The summed E-state index contributed by atoms with van der Waals surface area (Å²) < 4.78 is 5.75. The highest BCUT2D eigenvalue weighted by molar-refractivity contribution is 6.30. The van der Waals surface area contributed by atoms with E-state index in [1.165, 1.54) is 0 Å². The zero-order chi connectivity index (χ0) is 25.8. The van der Waals surface area contributed by atoms with Crippen LogP contribution >= 0.6 is 11.6 Å². The van der Waals surface area contributed by atoms with E-state index in [9.17, 15) is 14.4 Å². The number of β-lactam (4-membered cyclic amide) rings is 1. The Kier molecular flexibility index (Phi) is 5.49. The number of fused-ring (bicyclic) bond motifs is 4. The summed E-state index contributed by atoms with van der Waals surface area (Å²) in [5, 5.41) is 0.488. The molecule has 2 saturated heterocycles. The summed E-state index contributed by atoms with van der Waals surface area (Å²) in [6.45, 7) is 0.374. The number of rotatable bonds is 3. The summed E-state index contributed by atoms with van der Waals surface area (Å²) in [6, 6.07) is 24.5. The van der Waals surface area contributed by atoms with Crippen molar-refractivity contribution in [3.8, 4) is 0 Å². The fourth-order valence-electron chi connectivity index (χ4n) is 6.42. The zero-order valence-corrected chi connectivity index (χ0v) is 21.1. The maximum atomic E-state index is 14.2. The molecule has 3 aliphatic rings. The average molecular weight is 516 g/mol. The third kappa shape index (κ3) is 3.16. The van der Waals surface area contributed by atoms with Gasteiger partial charge in [0.25, 0.3) is 5.91 Å². The Bertz CT molecular complexity index is 1400. The van der Waals surface area contributed by atoms with Crippen LogP contribution in [-0.2, 0) is 26.5 Å². The summed E-state index contributed by atoms with van der Waals surface area (Å²) in [5.41, 5.74) is 0.728. The molecule has 3 amide bonds. The van der Waals surface area contributed by atoms with E-state index in [-0.39, 0.29) is 25.0 Å². The largest absolute Gasteiger partial charge is 0.445 e. The Morgan fingerprint density at radius 2 is 1.70 bits per heavy atom. The topological polar surface area (TPSA) is 70.2 Å². The Morgan fingerprint density at radius 1 is 1.00 bits per heavy atom. The normalized spacial score (nSPS) is 24.4. The van der Waals surface area contributed by atoms with Crippen molar-refractivity contribution in [3.05, 3.63) is 101 Å². The molecule has 8 heteroatoms. The van der Waals surface area contributed by atoms with Crippen molar-refractivity contribution in [2.75, 3.05) is 25.0 Å². The van der Waals surface area contributed by atoms with E-state index >= 15 is 0 Å². The lowest BCUT2D eigenvalue weighted by Gasteiger charge is -2.65. The van der Waals surface area contributed by atoms with Gasteiger partial charge in [-0.05, 0) is 42.2 Å². The zero-order valence-electron chi connectivity index (χ0n) is 20.4. The first-order valence-electron chi connectivity index (χ1n) is 12.3. The number of nitrogens with zero attached hydrogens (tertiary/aromatic N) is 3. The smallest absolute Gasteiger partial charge is 0.411 e. The van der Waals surface area contributed by atoms with E-state index in [0.29, 0.717) is 30.1 Å². The highest BCUT2D eigenvalue weighted by atomic mass is 35.5. The molecule has 0 bridgehead atoms. The number of hydrogen-bond donors (Lipinski definition) is 0. The molecule has 0 unspecified atom stereocenters. The van der Waals surface area contributed by atoms with Gasteiger partial charge in [0, 0.05) is 29.9 Å². The van der Waals surface area contributed by atoms with Crippen molar-refractivity contribution in [2.45, 2.75) is 30.5 Å². The van der Waals surface area contributed by atoms with Gasteiger partial charge in [0.05, 0.1) is 0 Å². The van der Waals surface area contributed by atoms with Gasteiger partial charge in [0.1, 0.15) is 18.7 Å². The molecule has 3 aromatic carbocycles. The van der Waals surface area contributed by atoms with Crippen LogP contribution in [0.15, 0.2) is 78.9 Å². The van der Waals surface area contributed by atoms with Crippen molar-refractivity contribution >= 4 is 35.2 Å². The second-order valence-electron chi connectivity index (χ2n) is 9.74. The third-order valence-corrected chi connectivity index (χ3v) is 8.21. The highest BCUT2D eigenvalue weighted by Crippen LogP contribution is 2.63. The first-order chi connectivity index (χ1) is 17.9. The number of likely N-dealkylation sites (N-methyl/N-ethyl adjacent to an activating group) is 1. The predicted molar refractivity (Wildman–Crippen MR) is 139 cm³/mol. The summed E-state index contributed by atoms with van der Waals surface area (Å²) in [7, 11) is 1.71. The van der Waals surface area contributed by atoms with Crippen molar-refractivity contribution < 1.29 is 19.1 Å². The van der Waals surface area contributed by atoms with E-state index in [2.05, 4.69) is 0 Å². The Hall–Kier alpha value is -3.84. The van der Waals surface area contributed by atoms with Crippen molar-refractivity contribution in [3.63, 3.8) is 0 Å². The van der Waals surface area contributed by atoms with Crippen LogP contribution in [0.25, 0.3) is 0 Å². The Morgan fingerprint density at radius 3 is 2.43 bits per heavy atom. The molecule has 3 heterocycles. The molecule has 3 aromatic rings. The van der Waals surface area contributed by atoms with E-state index in [4.69, 9.17) is 16.3 Å². The summed E-state index contributed by atoms with van der Waals surface area (Å²) in [4.78, 5) is 45.8. The number of halogens is 1. The molecule has 3 aliphatic heterocycles. The van der Waals surface area contributed by atoms with E-state index in [1.54, 1.807) is 27.8 Å². The first kappa shape index (κ1) is 23.6. The van der Waals surface area contributed by atoms with Crippen molar-refractivity contribution in [1.29, 1.82) is 0 Å². The molecule has 0 saturated carbocycles. The van der Waals surface area contributed by atoms with Crippen LogP contribution in [0.2, 0.25) is 5.02 Å². The minimum Gasteiger partial charge on any atom is -0.445 e. The van der Waals surface area contributed by atoms with Crippen molar-refractivity contribution in [2.24, 2.45) is 0 Å². The van der Waals surface area contributed by atoms with Crippen LogP contribution in [0.4, 0.5) is 10.5 Å². The van der Waals surface area contributed by atoms with Gasteiger partial charge in [-0.3, -0.25) is 14.5 Å². The fraction of sp³-hybridized carbons (Fsp3) is 0.276. The molecule has 6 rings (SSSR count). The minimum atomic E-state index is -1.24. The molecular formula is C29H26ClN3O4. The van der Waals surface area contributed by atoms with Gasteiger partial charge in [-0.25, -0.2) is 4.79 Å². The standard InChI is InChI=1S/C29H26ClN3O4/c1-31-24-14-13-22(30)17-23(24)29(21-11-6-3-7-12-21)28(26(35)33(29)18-25(31)34)15-8-16-32(28)27(36)37-19-20-9-4-2-5-10-20/h2-7,9-14,17H,8,15-16,18-19H2,1H3/t28-,29+/m1/s1. The van der Waals surface area contributed by atoms with Crippen LogP contribution in [-0.4, -0.2) is 53.4 Å². The lowest BCUT2D eigenvalue weighted by atomic mass is 9.58. The highest BCUT2D eigenvalue weighted by Gasteiger charge is 2.78. The molecule has 1 spiro atoms. The van der Waals surface area contributed by atoms with Crippen molar-refractivity contribution in [1.82, 2.24) is 9.80 Å². The maximum absolute atomic E-state index is 14.2. The number of anilines is 1. The number of hydrogen-bond acceptors (Lipinski definition) is 4. The number of carbonyl (C=O) groups is 3. The van der Waals surface area contributed by atoms with Crippen LogP contribution in [0.3, 0.4) is 0 Å². The first-order valence-corrected chi connectivity index (χ1v) is 12.7. The fourth-order valence-corrected chi connectivity index (χ4v) is 6.59. The summed E-state index contributed by atoms with van der Waals surface area (Å²) in [5.74, 6) is -0.458. The minimum absolute atomic E-state index is 0.103. The van der Waals surface area contributed by atoms with Gasteiger partial charge < -0.3 is 14.5 Å². The Balaban J connectivity index is 1.54. The molecule has 0 N–H and O–H groups in total. The molecule has 2 atom stereocenters. The second kappa shape index (κ2) is 8.63. The van der Waals surface area contributed by atoms with Gasteiger partial charge in [0.15, 0.2) is 5.54 Å². The molecular weight excluding hydrogens is 490 g/mol. The number of likely N-dealkylation sites (tertiary alicyclic amines) is 1. The van der Waals surface area contributed by atoms with Crippen LogP contribution < -0.4 is 4.90 Å². The van der Waals surface area contributed by atoms with Crippen LogP contribution in [0.1, 0.15) is 29.5 Å². The number of benzene rings is 3. The third-order valence-electron chi connectivity index (χ3n) is 7.98. The van der Waals surface area contributed by atoms with E-state index < -0.39 is 17.2 Å². The van der Waals surface area contributed by atoms with Crippen LogP contribution in [0, 0.1) is 0 Å². The van der Waals surface area contributed by atoms with Gasteiger partial charge in [-0.2, -0.15) is 0 Å². The quantitative estimate of drug-likeness (QED) is 0.479.